The lowest BCUT2D eigenvalue weighted by molar-refractivity contribution is -0.974. The molecule has 0 saturated heterocycles. The lowest BCUT2D eigenvalue weighted by Crippen LogP contribution is -3.00. The third-order valence-electron chi connectivity index (χ3n) is 6.53. The van der Waals surface area contributed by atoms with E-state index in [1.165, 1.54) is 11.1 Å². The number of benzene rings is 2. The van der Waals surface area contributed by atoms with Crippen LogP contribution in [0.15, 0.2) is 30.3 Å². The topological polar surface area (TPSA) is 60.6 Å². The molecule has 3 heterocycles. The summed E-state index contributed by atoms with van der Waals surface area (Å²) in [6, 6.07) is 10.3. The number of ether oxygens (including phenoxy) is 3. The van der Waals surface area contributed by atoms with Gasteiger partial charge in [0, 0.05) is 23.0 Å². The SMILES string of the molecule is CCOC(=O)c1c(C)[nH]c2ccc3c(c12)C[N+]1(C)CCc2cc(OC)ccc2C1O3.[I-]. The molecule has 0 amide bonds. The van der Waals surface area contributed by atoms with Crippen LogP contribution < -0.4 is 33.5 Å². The Morgan fingerprint density at radius 3 is 2.84 bits per heavy atom. The molecule has 1 N–H and O–H groups in total. The van der Waals surface area contributed by atoms with Gasteiger partial charge >= 0.3 is 5.97 Å². The van der Waals surface area contributed by atoms with E-state index in [1.807, 2.05) is 32.0 Å². The predicted octanol–water partition coefficient (Wildman–Crippen LogP) is 1.26. The highest BCUT2D eigenvalue weighted by atomic mass is 127. The van der Waals surface area contributed by atoms with Crippen molar-refractivity contribution in [3.05, 3.63) is 58.3 Å². The molecule has 7 heteroatoms. The Bertz CT molecular complexity index is 1170. The number of nitrogens with one attached hydrogen (secondary N) is 1. The second-order valence-electron chi connectivity index (χ2n) is 8.46. The lowest BCUT2D eigenvalue weighted by Gasteiger charge is -2.47. The predicted molar refractivity (Wildman–Crippen MR) is 114 cm³/mol. The quantitative estimate of drug-likeness (QED) is 0.313. The van der Waals surface area contributed by atoms with Gasteiger partial charge in [-0.1, -0.05) is 0 Å². The minimum Gasteiger partial charge on any atom is -1.00 e. The van der Waals surface area contributed by atoms with E-state index in [0.717, 1.165) is 57.7 Å². The largest absolute Gasteiger partial charge is 1.00 e. The number of carbonyl (C=O) groups is 1. The van der Waals surface area contributed by atoms with Gasteiger partial charge in [0.1, 0.15) is 18.0 Å². The molecule has 1 aromatic heterocycles. The van der Waals surface area contributed by atoms with Crippen LogP contribution in [0.1, 0.15) is 45.9 Å². The fourth-order valence-corrected chi connectivity index (χ4v) is 5.03. The fourth-order valence-electron chi connectivity index (χ4n) is 5.03. The first-order chi connectivity index (χ1) is 14.4. The molecule has 3 aromatic rings. The van der Waals surface area contributed by atoms with Gasteiger partial charge in [-0.2, -0.15) is 0 Å². The molecule has 0 saturated carbocycles. The maximum atomic E-state index is 12.7. The maximum absolute atomic E-state index is 12.7. The van der Waals surface area contributed by atoms with E-state index in [2.05, 4.69) is 24.2 Å². The van der Waals surface area contributed by atoms with Crippen LogP contribution in [0, 0.1) is 6.92 Å². The summed E-state index contributed by atoms with van der Waals surface area (Å²) >= 11 is 0. The zero-order valence-corrected chi connectivity index (χ0v) is 20.4. The van der Waals surface area contributed by atoms with Gasteiger partial charge < -0.3 is 43.2 Å². The van der Waals surface area contributed by atoms with E-state index >= 15 is 0 Å². The summed E-state index contributed by atoms with van der Waals surface area (Å²) in [5.74, 6) is 1.44. The van der Waals surface area contributed by atoms with Crippen molar-refractivity contribution < 1.29 is 47.5 Å². The Morgan fingerprint density at radius 1 is 1.29 bits per heavy atom. The van der Waals surface area contributed by atoms with Crippen LogP contribution in [0.3, 0.4) is 0 Å². The van der Waals surface area contributed by atoms with Crippen molar-refractivity contribution in [3.63, 3.8) is 0 Å². The first-order valence-corrected chi connectivity index (χ1v) is 10.4. The number of carbonyl (C=O) groups excluding carboxylic acids is 1. The molecule has 0 aliphatic carbocycles. The molecule has 2 aromatic carbocycles. The number of likely N-dealkylation sites (N-methyl/N-ethyl adjacent to an activating group) is 1. The molecule has 0 fully saturated rings. The van der Waals surface area contributed by atoms with E-state index in [9.17, 15) is 4.79 Å². The minimum atomic E-state index is -0.282. The number of hydrogen-bond acceptors (Lipinski definition) is 4. The average Bonchev–Trinajstić information content (AvgIpc) is 3.08. The number of aryl methyl sites for hydroxylation is 1. The zero-order chi connectivity index (χ0) is 21.0. The second kappa shape index (κ2) is 8.02. The van der Waals surface area contributed by atoms with Crippen LogP contribution in [0.5, 0.6) is 11.5 Å². The van der Waals surface area contributed by atoms with Crippen molar-refractivity contribution >= 4 is 16.9 Å². The molecule has 0 radical (unpaired) electrons. The van der Waals surface area contributed by atoms with Crippen molar-refractivity contribution in [2.75, 3.05) is 27.3 Å². The number of methoxy groups -OCH3 is 1. The third-order valence-corrected chi connectivity index (χ3v) is 6.53. The molecule has 0 bridgehead atoms. The number of esters is 1. The number of aromatic amines is 1. The monoisotopic (exact) mass is 534 g/mol. The summed E-state index contributed by atoms with van der Waals surface area (Å²) < 4.78 is 18.1. The summed E-state index contributed by atoms with van der Waals surface area (Å²) in [7, 11) is 3.94. The number of fused-ring (bicyclic) bond motifs is 6. The van der Waals surface area contributed by atoms with Gasteiger partial charge in [0.05, 0.1) is 44.0 Å². The number of rotatable bonds is 3. The van der Waals surface area contributed by atoms with Crippen LogP contribution in [0.2, 0.25) is 0 Å². The number of hydrogen-bond donors (Lipinski definition) is 1. The summed E-state index contributed by atoms with van der Waals surface area (Å²) in [5.41, 5.74) is 5.98. The molecule has 164 valence electrons. The van der Waals surface area contributed by atoms with E-state index < -0.39 is 0 Å². The number of H-pyrrole nitrogens is 1. The first kappa shape index (κ1) is 22.0. The van der Waals surface area contributed by atoms with E-state index in [1.54, 1.807) is 7.11 Å². The summed E-state index contributed by atoms with van der Waals surface area (Å²) in [6.07, 6.45) is 0.890. The highest BCUT2D eigenvalue weighted by Crippen LogP contribution is 2.47. The van der Waals surface area contributed by atoms with E-state index in [4.69, 9.17) is 14.2 Å². The van der Waals surface area contributed by atoms with Gasteiger partial charge in [-0.05, 0) is 49.7 Å². The van der Waals surface area contributed by atoms with Crippen LogP contribution in [0.4, 0.5) is 0 Å². The van der Waals surface area contributed by atoms with Crippen LogP contribution in [-0.2, 0) is 17.7 Å². The highest BCUT2D eigenvalue weighted by molar-refractivity contribution is 6.07. The van der Waals surface area contributed by atoms with Gasteiger partial charge in [-0.25, -0.2) is 4.79 Å². The maximum Gasteiger partial charge on any atom is 0.340 e. The Labute approximate surface area is 199 Å². The molecule has 0 spiro atoms. The summed E-state index contributed by atoms with van der Waals surface area (Å²) in [4.78, 5) is 16.1. The summed E-state index contributed by atoms with van der Waals surface area (Å²) in [6.45, 7) is 5.86. The fraction of sp³-hybridized carbons (Fsp3) is 0.375. The van der Waals surface area contributed by atoms with Crippen molar-refractivity contribution in [2.24, 2.45) is 0 Å². The van der Waals surface area contributed by atoms with Crippen molar-refractivity contribution in [1.29, 1.82) is 0 Å². The number of quaternary nitrogens is 1. The van der Waals surface area contributed by atoms with E-state index in [0.29, 0.717) is 12.2 Å². The molecular formula is C24H27IN2O4. The molecule has 2 aliphatic rings. The molecule has 5 rings (SSSR count). The van der Waals surface area contributed by atoms with Gasteiger partial charge in [-0.15, -0.1) is 0 Å². The zero-order valence-electron chi connectivity index (χ0n) is 18.3. The van der Waals surface area contributed by atoms with Crippen LogP contribution in [0.25, 0.3) is 10.9 Å². The summed E-state index contributed by atoms with van der Waals surface area (Å²) in [5, 5.41) is 0.932. The smallest absolute Gasteiger partial charge is 0.340 e. The number of halogens is 1. The standard InChI is InChI=1S/C24H26N2O4.HI/c1-5-29-24(27)21-14(2)25-19-8-9-20-18(22(19)21)13-26(3)11-10-15-12-16(28-4)6-7-17(15)23(26)30-20;/h6-9,12,23H,5,10-11,13H2,1-4H3;1H. The van der Waals surface area contributed by atoms with Gasteiger partial charge in [0.2, 0.25) is 0 Å². The first-order valence-electron chi connectivity index (χ1n) is 10.4. The Balaban J connectivity index is 0.00000231. The minimum absolute atomic E-state index is 0. The second-order valence-corrected chi connectivity index (χ2v) is 8.46. The van der Waals surface area contributed by atoms with Gasteiger partial charge in [-0.3, -0.25) is 4.48 Å². The van der Waals surface area contributed by atoms with Crippen molar-refractivity contribution in [1.82, 2.24) is 4.98 Å². The molecule has 2 unspecified atom stereocenters. The molecule has 2 atom stereocenters. The molecule has 31 heavy (non-hydrogen) atoms. The molecule has 2 aliphatic heterocycles. The van der Waals surface area contributed by atoms with Crippen molar-refractivity contribution in [3.8, 4) is 11.5 Å². The van der Waals surface area contributed by atoms with Gasteiger partial charge in [0.15, 0.2) is 0 Å². The molecular weight excluding hydrogens is 507 g/mol. The van der Waals surface area contributed by atoms with Crippen LogP contribution in [-0.4, -0.2) is 42.7 Å². The lowest BCUT2D eigenvalue weighted by atomic mass is 9.92. The van der Waals surface area contributed by atoms with Gasteiger partial charge in [0.25, 0.3) is 6.23 Å². The normalized spacial score (nSPS) is 21.2. The average molecular weight is 534 g/mol. The third kappa shape index (κ3) is 3.38. The van der Waals surface area contributed by atoms with Crippen molar-refractivity contribution in [2.45, 2.75) is 33.0 Å². The molecule has 6 nitrogen and oxygen atoms in total. The highest BCUT2D eigenvalue weighted by Gasteiger charge is 2.45. The van der Waals surface area contributed by atoms with E-state index in [-0.39, 0.29) is 36.2 Å². The Kier molecular flexibility index (Phi) is 5.68. The Morgan fingerprint density at radius 2 is 2.10 bits per heavy atom. The van der Waals surface area contributed by atoms with Crippen LogP contribution >= 0.6 is 0 Å². The Hall–Kier alpha value is -2.26. The number of aromatic nitrogens is 1. The number of nitrogens with zero attached hydrogens (tertiary/aromatic N) is 1.